The minimum absolute atomic E-state index is 0.704. The SMILES string of the molecule is c1ccc(-c2ccc(-c3cc(-c4ccc(-c5ccc6nc(-c7ccccc7)c7ccc8sc9ccccc9c8c7c6c5)cc4)nc(-c4ccccc4)n3)cc2)cc1. The van der Waals surface area contributed by atoms with Crippen LogP contribution in [0.5, 0.6) is 0 Å². The minimum Gasteiger partial charge on any atom is -0.247 e. The Labute approximate surface area is 334 Å². The molecule has 0 saturated heterocycles. The van der Waals surface area contributed by atoms with Gasteiger partial charge in [0.25, 0.3) is 0 Å². The van der Waals surface area contributed by atoms with Crippen LogP contribution in [0.1, 0.15) is 0 Å². The van der Waals surface area contributed by atoms with E-state index in [1.807, 2.05) is 35.6 Å². The molecule has 0 radical (unpaired) electrons. The fraction of sp³-hybridized carbons (Fsp3) is 0. The van der Waals surface area contributed by atoms with Crippen molar-refractivity contribution < 1.29 is 0 Å². The normalized spacial score (nSPS) is 11.5. The summed E-state index contributed by atoms with van der Waals surface area (Å²) in [5, 5.41) is 6.17. The third-order valence-corrected chi connectivity index (χ3v) is 12.0. The third-order valence-electron chi connectivity index (χ3n) is 10.9. The molecule has 3 aromatic heterocycles. The lowest BCUT2D eigenvalue weighted by molar-refractivity contribution is 1.18. The summed E-state index contributed by atoms with van der Waals surface area (Å²) in [5.74, 6) is 0.704. The first kappa shape index (κ1) is 33.1. The summed E-state index contributed by atoms with van der Waals surface area (Å²) in [6, 6.07) is 70.8. The van der Waals surface area contributed by atoms with E-state index in [2.05, 4.69) is 176 Å². The van der Waals surface area contributed by atoms with E-state index in [1.165, 1.54) is 42.1 Å². The average molecular weight is 744 g/mol. The maximum absolute atomic E-state index is 5.31. The van der Waals surface area contributed by atoms with E-state index in [9.17, 15) is 0 Å². The first-order valence-corrected chi connectivity index (χ1v) is 20.0. The summed E-state index contributed by atoms with van der Waals surface area (Å²) in [4.78, 5) is 15.5. The zero-order valence-corrected chi connectivity index (χ0v) is 31.6. The highest BCUT2D eigenvalue weighted by Crippen LogP contribution is 2.44. The van der Waals surface area contributed by atoms with Crippen molar-refractivity contribution >= 4 is 53.2 Å². The predicted molar refractivity (Wildman–Crippen MR) is 240 cm³/mol. The number of pyridine rings is 1. The lowest BCUT2D eigenvalue weighted by Gasteiger charge is -2.13. The van der Waals surface area contributed by atoms with Crippen LogP contribution in [0.3, 0.4) is 0 Å². The van der Waals surface area contributed by atoms with E-state index in [0.29, 0.717) is 5.82 Å². The van der Waals surface area contributed by atoms with Crippen molar-refractivity contribution in [3.05, 3.63) is 200 Å². The van der Waals surface area contributed by atoms with Gasteiger partial charge in [-0.3, -0.25) is 0 Å². The molecule has 0 bridgehead atoms. The summed E-state index contributed by atoms with van der Waals surface area (Å²) in [6.07, 6.45) is 0. The first-order valence-electron chi connectivity index (χ1n) is 19.2. The third kappa shape index (κ3) is 5.95. The molecule has 266 valence electrons. The van der Waals surface area contributed by atoms with Crippen LogP contribution in [-0.4, -0.2) is 15.0 Å². The molecular formula is C53H33N3S. The number of fused-ring (bicyclic) bond motifs is 7. The van der Waals surface area contributed by atoms with Gasteiger partial charge >= 0.3 is 0 Å². The van der Waals surface area contributed by atoms with Crippen molar-refractivity contribution in [1.29, 1.82) is 0 Å². The maximum Gasteiger partial charge on any atom is 0.160 e. The number of benzene rings is 8. The molecule has 0 saturated carbocycles. The molecule has 11 aromatic rings. The Hall–Kier alpha value is -7.27. The monoisotopic (exact) mass is 743 g/mol. The largest absolute Gasteiger partial charge is 0.247 e. The molecule has 3 heterocycles. The van der Waals surface area contributed by atoms with Crippen molar-refractivity contribution in [2.45, 2.75) is 0 Å². The van der Waals surface area contributed by atoms with Crippen molar-refractivity contribution in [3.8, 4) is 67.4 Å². The summed E-state index contributed by atoms with van der Waals surface area (Å²) in [7, 11) is 0. The highest BCUT2D eigenvalue weighted by Gasteiger charge is 2.18. The molecule has 57 heavy (non-hydrogen) atoms. The highest BCUT2D eigenvalue weighted by molar-refractivity contribution is 7.26. The Morgan fingerprint density at radius 2 is 0.825 bits per heavy atom. The molecule has 8 aromatic carbocycles. The summed E-state index contributed by atoms with van der Waals surface area (Å²) in [6.45, 7) is 0. The van der Waals surface area contributed by atoms with E-state index in [4.69, 9.17) is 15.0 Å². The average Bonchev–Trinajstić information content (AvgIpc) is 3.68. The number of thiophene rings is 1. The Morgan fingerprint density at radius 3 is 1.49 bits per heavy atom. The van der Waals surface area contributed by atoms with Crippen LogP contribution < -0.4 is 0 Å². The van der Waals surface area contributed by atoms with Gasteiger partial charge in [-0.05, 0) is 52.6 Å². The van der Waals surface area contributed by atoms with E-state index < -0.39 is 0 Å². The van der Waals surface area contributed by atoms with E-state index >= 15 is 0 Å². The Bertz CT molecular complexity index is 3250. The van der Waals surface area contributed by atoms with Gasteiger partial charge in [-0.2, -0.15) is 0 Å². The maximum atomic E-state index is 5.31. The van der Waals surface area contributed by atoms with Crippen LogP contribution in [0.4, 0.5) is 0 Å². The summed E-state index contributed by atoms with van der Waals surface area (Å²) < 4.78 is 2.58. The molecule has 0 aliphatic carbocycles. The van der Waals surface area contributed by atoms with E-state index in [1.54, 1.807) is 0 Å². The van der Waals surface area contributed by atoms with Crippen molar-refractivity contribution in [3.63, 3.8) is 0 Å². The Balaban J connectivity index is 1.02. The highest BCUT2D eigenvalue weighted by atomic mass is 32.1. The lowest BCUT2D eigenvalue weighted by atomic mass is 9.94. The number of nitrogens with zero attached hydrogens (tertiary/aromatic N) is 3. The second-order valence-corrected chi connectivity index (χ2v) is 15.5. The molecule has 0 unspecified atom stereocenters. The van der Waals surface area contributed by atoms with Crippen LogP contribution >= 0.6 is 11.3 Å². The fourth-order valence-corrected chi connectivity index (χ4v) is 9.17. The van der Waals surface area contributed by atoms with Crippen molar-refractivity contribution in [2.75, 3.05) is 0 Å². The zero-order valence-electron chi connectivity index (χ0n) is 30.8. The van der Waals surface area contributed by atoms with Gasteiger partial charge in [0.1, 0.15) is 0 Å². The molecule has 0 amide bonds. The quantitative estimate of drug-likeness (QED) is 0.159. The molecule has 0 aliphatic heterocycles. The zero-order chi connectivity index (χ0) is 37.7. The predicted octanol–water partition coefficient (Wildman–Crippen LogP) is 14.5. The van der Waals surface area contributed by atoms with Crippen LogP contribution in [0.2, 0.25) is 0 Å². The second-order valence-electron chi connectivity index (χ2n) is 14.4. The Morgan fingerprint density at radius 1 is 0.298 bits per heavy atom. The number of aromatic nitrogens is 3. The first-order chi connectivity index (χ1) is 28.2. The van der Waals surface area contributed by atoms with E-state index in [-0.39, 0.29) is 0 Å². The Kier molecular flexibility index (Phi) is 8.01. The fourth-order valence-electron chi connectivity index (χ4n) is 8.06. The number of hydrogen-bond acceptors (Lipinski definition) is 4. The minimum atomic E-state index is 0.704. The van der Waals surface area contributed by atoms with Gasteiger partial charge in [-0.15, -0.1) is 11.3 Å². The van der Waals surface area contributed by atoms with Gasteiger partial charge < -0.3 is 0 Å². The molecule has 3 nitrogen and oxygen atoms in total. The number of rotatable bonds is 6. The molecule has 0 spiro atoms. The van der Waals surface area contributed by atoms with Gasteiger partial charge in [0.15, 0.2) is 5.82 Å². The van der Waals surface area contributed by atoms with E-state index in [0.717, 1.165) is 61.4 Å². The summed E-state index contributed by atoms with van der Waals surface area (Å²) in [5.41, 5.74) is 12.6. The molecule has 11 rings (SSSR count). The van der Waals surface area contributed by atoms with Crippen LogP contribution in [0, 0.1) is 0 Å². The molecule has 0 fully saturated rings. The standard InChI is InChI=1S/C53H33N3S/c1-4-12-34(13-5-1)35-20-24-37(25-21-35)46-33-47(56-53(55-46)40-16-8-3-9-17-40)38-26-22-36(23-27-38)41-28-30-45-44(32-41)50-43(52(54-45)39-14-6-2-7-15-39)29-31-49-51(50)42-18-10-11-19-48(42)57-49/h1-33H. The lowest BCUT2D eigenvalue weighted by Crippen LogP contribution is -1.96. The topological polar surface area (TPSA) is 38.7 Å². The molecule has 0 atom stereocenters. The van der Waals surface area contributed by atoms with Crippen molar-refractivity contribution in [2.24, 2.45) is 0 Å². The smallest absolute Gasteiger partial charge is 0.160 e. The molecule has 0 aliphatic rings. The van der Waals surface area contributed by atoms with Crippen molar-refractivity contribution in [1.82, 2.24) is 15.0 Å². The van der Waals surface area contributed by atoms with Crippen LogP contribution in [-0.2, 0) is 0 Å². The number of hydrogen-bond donors (Lipinski definition) is 0. The van der Waals surface area contributed by atoms with Gasteiger partial charge in [-0.25, -0.2) is 15.0 Å². The van der Waals surface area contributed by atoms with Gasteiger partial charge in [0.2, 0.25) is 0 Å². The molecular weight excluding hydrogens is 711 g/mol. The summed E-state index contributed by atoms with van der Waals surface area (Å²) >= 11 is 1.85. The van der Waals surface area contributed by atoms with Gasteiger partial charge in [0, 0.05) is 58.6 Å². The molecule has 0 N–H and O–H groups in total. The van der Waals surface area contributed by atoms with Gasteiger partial charge in [0.05, 0.1) is 22.6 Å². The van der Waals surface area contributed by atoms with Crippen LogP contribution in [0.15, 0.2) is 200 Å². The second kappa shape index (κ2) is 13.8. The van der Waals surface area contributed by atoms with Gasteiger partial charge in [-0.1, -0.05) is 170 Å². The molecule has 4 heteroatoms. The van der Waals surface area contributed by atoms with Crippen LogP contribution in [0.25, 0.3) is 109 Å².